The molecule has 0 N–H and O–H groups in total. The molecule has 0 aliphatic carbocycles. The predicted molar refractivity (Wildman–Crippen MR) is 119 cm³/mol. The molecule has 2 aliphatic heterocycles. The molecule has 0 bridgehead atoms. The second-order valence-electron chi connectivity index (χ2n) is 7.65. The number of carbonyl (C=O) groups is 2. The summed E-state index contributed by atoms with van der Waals surface area (Å²) < 4.78 is 1.18. The van der Waals surface area contributed by atoms with Gasteiger partial charge in [-0.1, -0.05) is 47.2 Å². The molecule has 2 saturated heterocycles. The average molecular weight is 441 g/mol. The van der Waals surface area contributed by atoms with E-state index in [1.54, 1.807) is 23.5 Å². The highest BCUT2D eigenvalue weighted by Gasteiger charge is 2.42. The number of hydrogen-bond acceptors (Lipinski definition) is 6. The molecule has 2 amide bonds. The number of carbonyl (C=O) groups excluding carboxylic acids is 2. The first-order chi connectivity index (χ1) is 14.6. The fourth-order valence-electron chi connectivity index (χ4n) is 4.11. The number of anilines is 1. The van der Waals surface area contributed by atoms with Crippen LogP contribution in [0.25, 0.3) is 10.2 Å². The molecule has 1 aromatic heterocycles. The van der Waals surface area contributed by atoms with E-state index >= 15 is 0 Å². The molecule has 154 valence electrons. The Labute approximate surface area is 183 Å². The number of imide groups is 1. The van der Waals surface area contributed by atoms with E-state index in [-0.39, 0.29) is 24.3 Å². The third-order valence-electron chi connectivity index (χ3n) is 5.78. The van der Waals surface area contributed by atoms with Crippen LogP contribution in [0.1, 0.15) is 12.0 Å². The molecule has 3 aromatic rings. The SMILES string of the molecule is O=C1CC(N2CCN(c3nc4ccccc4s3)CC2)C(=O)N1Cc1ccc(Cl)cc1. The highest BCUT2D eigenvalue weighted by Crippen LogP contribution is 2.30. The maximum atomic E-state index is 13.0. The molecule has 2 aromatic carbocycles. The first-order valence-corrected chi connectivity index (χ1v) is 11.2. The molecule has 8 heteroatoms. The quantitative estimate of drug-likeness (QED) is 0.582. The molecule has 3 heterocycles. The molecule has 6 nitrogen and oxygen atoms in total. The van der Waals surface area contributed by atoms with E-state index in [0.717, 1.165) is 42.4 Å². The van der Waals surface area contributed by atoms with Gasteiger partial charge in [-0.15, -0.1) is 0 Å². The zero-order chi connectivity index (χ0) is 20.7. The summed E-state index contributed by atoms with van der Waals surface area (Å²) in [5, 5.41) is 1.66. The van der Waals surface area contributed by atoms with E-state index < -0.39 is 0 Å². The monoisotopic (exact) mass is 440 g/mol. The zero-order valence-electron chi connectivity index (χ0n) is 16.3. The molecule has 0 spiro atoms. The molecule has 5 rings (SSSR count). The Hall–Kier alpha value is -2.48. The van der Waals surface area contributed by atoms with Gasteiger partial charge >= 0.3 is 0 Å². The van der Waals surface area contributed by atoms with Crippen molar-refractivity contribution in [2.75, 3.05) is 31.1 Å². The maximum Gasteiger partial charge on any atom is 0.247 e. The summed E-state index contributed by atoms with van der Waals surface area (Å²) in [6.45, 7) is 3.39. The number of halogens is 1. The Morgan fingerprint density at radius 1 is 1.00 bits per heavy atom. The van der Waals surface area contributed by atoms with Crippen molar-refractivity contribution in [2.45, 2.75) is 19.0 Å². The van der Waals surface area contributed by atoms with Crippen molar-refractivity contribution in [3.05, 3.63) is 59.1 Å². The number of benzene rings is 2. The van der Waals surface area contributed by atoms with Crippen molar-refractivity contribution < 1.29 is 9.59 Å². The van der Waals surface area contributed by atoms with Crippen LogP contribution < -0.4 is 4.90 Å². The second kappa shape index (κ2) is 7.98. The van der Waals surface area contributed by atoms with Gasteiger partial charge in [0.2, 0.25) is 11.8 Å². The standard InChI is InChI=1S/C22H21ClN4O2S/c23-16-7-5-15(6-8-16)14-27-20(28)13-18(21(27)29)25-9-11-26(12-10-25)22-24-17-3-1-2-4-19(17)30-22/h1-8,18H,9-14H2. The fourth-order valence-corrected chi connectivity index (χ4v) is 5.25. The molecule has 0 saturated carbocycles. The lowest BCUT2D eigenvalue weighted by atomic mass is 10.2. The highest BCUT2D eigenvalue weighted by molar-refractivity contribution is 7.22. The average Bonchev–Trinajstić information content (AvgIpc) is 3.32. The van der Waals surface area contributed by atoms with E-state index in [1.807, 2.05) is 30.3 Å². The van der Waals surface area contributed by atoms with Crippen molar-refractivity contribution in [1.82, 2.24) is 14.8 Å². The summed E-state index contributed by atoms with van der Waals surface area (Å²) in [5.41, 5.74) is 1.93. The molecule has 2 fully saturated rings. The normalized spacial score (nSPS) is 20.5. The first kappa shape index (κ1) is 19.5. The van der Waals surface area contributed by atoms with Crippen LogP contribution in [0.4, 0.5) is 5.13 Å². The van der Waals surface area contributed by atoms with E-state index in [9.17, 15) is 9.59 Å². The summed E-state index contributed by atoms with van der Waals surface area (Å²) in [5.74, 6) is -0.197. The number of nitrogens with zero attached hydrogens (tertiary/aromatic N) is 4. The second-order valence-corrected chi connectivity index (χ2v) is 9.10. The van der Waals surface area contributed by atoms with Crippen LogP contribution >= 0.6 is 22.9 Å². The number of likely N-dealkylation sites (tertiary alicyclic amines) is 1. The number of para-hydroxylation sites is 1. The lowest BCUT2D eigenvalue weighted by molar-refractivity contribution is -0.140. The number of amides is 2. The smallest absolute Gasteiger partial charge is 0.247 e. The van der Waals surface area contributed by atoms with E-state index in [1.165, 1.54) is 9.60 Å². The van der Waals surface area contributed by atoms with Gasteiger partial charge in [0.05, 0.1) is 29.2 Å². The van der Waals surface area contributed by atoms with Gasteiger partial charge in [0, 0.05) is 31.2 Å². The van der Waals surface area contributed by atoms with Gasteiger partial charge in [0.1, 0.15) is 0 Å². The van der Waals surface area contributed by atoms with E-state index in [4.69, 9.17) is 16.6 Å². The van der Waals surface area contributed by atoms with Crippen LogP contribution in [0.2, 0.25) is 5.02 Å². The van der Waals surface area contributed by atoms with Crippen LogP contribution in [0.5, 0.6) is 0 Å². The van der Waals surface area contributed by atoms with Gasteiger partial charge < -0.3 is 4.90 Å². The predicted octanol–water partition coefficient (Wildman–Crippen LogP) is 3.40. The lowest BCUT2D eigenvalue weighted by Crippen LogP contribution is -2.52. The Kier molecular flexibility index (Phi) is 5.18. The molecule has 0 radical (unpaired) electrons. The van der Waals surface area contributed by atoms with Crippen molar-refractivity contribution in [3.63, 3.8) is 0 Å². The Balaban J connectivity index is 1.23. The summed E-state index contributed by atoms with van der Waals surface area (Å²) in [6, 6.07) is 15.1. The molecular formula is C22H21ClN4O2S. The van der Waals surface area contributed by atoms with E-state index in [0.29, 0.717) is 11.6 Å². The number of aromatic nitrogens is 1. The molecule has 1 unspecified atom stereocenters. The zero-order valence-corrected chi connectivity index (χ0v) is 17.9. The Morgan fingerprint density at radius 2 is 1.73 bits per heavy atom. The Bertz CT molecular complexity index is 1060. The minimum Gasteiger partial charge on any atom is -0.345 e. The van der Waals surface area contributed by atoms with Crippen LogP contribution in [-0.4, -0.2) is 58.8 Å². The van der Waals surface area contributed by atoms with Crippen LogP contribution in [0, 0.1) is 0 Å². The number of thiazole rings is 1. The van der Waals surface area contributed by atoms with E-state index in [2.05, 4.69) is 15.9 Å². The summed E-state index contributed by atoms with van der Waals surface area (Å²) in [6.07, 6.45) is 0.258. The van der Waals surface area contributed by atoms with Crippen molar-refractivity contribution in [1.29, 1.82) is 0 Å². The lowest BCUT2D eigenvalue weighted by Gasteiger charge is -2.36. The minimum absolute atomic E-state index is 0.0941. The first-order valence-electron chi connectivity index (χ1n) is 10.0. The summed E-state index contributed by atoms with van der Waals surface area (Å²) in [4.78, 5) is 36.0. The largest absolute Gasteiger partial charge is 0.345 e. The highest BCUT2D eigenvalue weighted by atomic mass is 35.5. The molecule has 2 aliphatic rings. The van der Waals surface area contributed by atoms with Gasteiger partial charge in [0.25, 0.3) is 0 Å². The topological polar surface area (TPSA) is 56.8 Å². The van der Waals surface area contributed by atoms with Gasteiger partial charge in [-0.3, -0.25) is 19.4 Å². The van der Waals surface area contributed by atoms with Gasteiger partial charge in [-0.05, 0) is 29.8 Å². The minimum atomic E-state index is -0.359. The van der Waals surface area contributed by atoms with Crippen LogP contribution in [-0.2, 0) is 16.1 Å². The summed E-state index contributed by atoms with van der Waals surface area (Å²) >= 11 is 7.63. The van der Waals surface area contributed by atoms with Gasteiger partial charge in [0.15, 0.2) is 5.13 Å². The van der Waals surface area contributed by atoms with Gasteiger partial charge in [-0.25, -0.2) is 4.98 Å². The molecule has 1 atom stereocenters. The van der Waals surface area contributed by atoms with Crippen molar-refractivity contribution >= 4 is 50.1 Å². The van der Waals surface area contributed by atoms with Gasteiger partial charge in [-0.2, -0.15) is 0 Å². The van der Waals surface area contributed by atoms with Crippen molar-refractivity contribution in [2.24, 2.45) is 0 Å². The maximum absolute atomic E-state index is 13.0. The van der Waals surface area contributed by atoms with Crippen molar-refractivity contribution in [3.8, 4) is 0 Å². The Morgan fingerprint density at radius 3 is 2.47 bits per heavy atom. The third-order valence-corrected chi connectivity index (χ3v) is 7.13. The van der Waals surface area contributed by atoms with Crippen LogP contribution in [0.15, 0.2) is 48.5 Å². The molecular weight excluding hydrogens is 420 g/mol. The van der Waals surface area contributed by atoms with Crippen LogP contribution in [0.3, 0.4) is 0 Å². The third kappa shape index (κ3) is 3.69. The number of piperazine rings is 1. The molecule has 30 heavy (non-hydrogen) atoms. The fraction of sp³-hybridized carbons (Fsp3) is 0.318. The number of rotatable bonds is 4. The summed E-state index contributed by atoms with van der Waals surface area (Å²) in [7, 11) is 0. The number of fused-ring (bicyclic) bond motifs is 1. The number of hydrogen-bond donors (Lipinski definition) is 0.